The van der Waals surface area contributed by atoms with Crippen LogP contribution in [0.25, 0.3) is 0 Å². The molecule has 2 aliphatic heterocycles. The molecule has 0 aromatic heterocycles. The first-order valence-electron chi connectivity index (χ1n) is 7.94. The quantitative estimate of drug-likeness (QED) is 0.910. The van der Waals surface area contributed by atoms with Crippen molar-refractivity contribution < 1.29 is 0 Å². The van der Waals surface area contributed by atoms with Crippen molar-refractivity contribution in [2.75, 3.05) is 0 Å². The van der Waals surface area contributed by atoms with Crippen LogP contribution in [-0.2, 0) is 5.75 Å². The summed E-state index contributed by atoms with van der Waals surface area (Å²) < 4.78 is 0. The van der Waals surface area contributed by atoms with E-state index in [4.69, 9.17) is 4.99 Å². The van der Waals surface area contributed by atoms with E-state index in [1.807, 2.05) is 11.8 Å². The van der Waals surface area contributed by atoms with Gasteiger partial charge in [-0.05, 0) is 24.3 Å². The zero-order valence-corrected chi connectivity index (χ0v) is 12.9. The average Bonchev–Trinajstić information content (AvgIpc) is 2.93. The molecule has 1 saturated carbocycles. The van der Waals surface area contributed by atoms with Crippen LogP contribution in [0.3, 0.4) is 0 Å². The highest BCUT2D eigenvalue weighted by Gasteiger charge is 2.46. The molecule has 1 saturated heterocycles. The van der Waals surface area contributed by atoms with Crippen LogP contribution in [0.2, 0.25) is 0 Å². The third-order valence-electron chi connectivity index (χ3n) is 4.91. The van der Waals surface area contributed by atoms with Crippen LogP contribution >= 0.6 is 11.8 Å². The van der Waals surface area contributed by atoms with Gasteiger partial charge in [-0.15, -0.1) is 11.8 Å². The first kappa shape index (κ1) is 13.5. The van der Waals surface area contributed by atoms with Gasteiger partial charge in [0.15, 0.2) is 0 Å². The smallest absolute Gasteiger partial charge is 0.111 e. The fourth-order valence-corrected chi connectivity index (χ4v) is 4.89. The van der Waals surface area contributed by atoms with Crippen LogP contribution in [0.15, 0.2) is 40.3 Å². The maximum atomic E-state index is 4.69. The molecule has 4 atom stereocenters. The maximum absolute atomic E-state index is 4.69. The van der Waals surface area contributed by atoms with Gasteiger partial charge in [-0.3, -0.25) is 4.99 Å². The lowest BCUT2D eigenvalue weighted by atomic mass is 9.82. The minimum absolute atomic E-state index is 0.358. The Balaban J connectivity index is 1.46. The van der Waals surface area contributed by atoms with Crippen LogP contribution in [-0.4, -0.2) is 29.5 Å². The Morgan fingerprint density at radius 1 is 1.14 bits per heavy atom. The van der Waals surface area contributed by atoms with Gasteiger partial charge >= 0.3 is 0 Å². The SMILES string of the molecule is C1=NC2C(N[C@H]3CCCCC23)C(SCc2ccccc2)=N1. The van der Waals surface area contributed by atoms with Crippen molar-refractivity contribution in [1.82, 2.24) is 5.32 Å². The standard InChI is InChI=1S/C17H21N3S/c1-2-6-12(7-3-1)10-21-17-16-15(18-11-19-17)13-8-4-5-9-14(13)20-16/h1-3,6-7,11,13-16,20H,4-5,8-10H2/t13?,14-,15?,16?/m0/s1. The van der Waals surface area contributed by atoms with E-state index in [9.17, 15) is 0 Å². The summed E-state index contributed by atoms with van der Waals surface area (Å²) in [7, 11) is 0. The number of hydrogen-bond acceptors (Lipinski definition) is 4. The average molecular weight is 299 g/mol. The fraction of sp³-hybridized carbons (Fsp3) is 0.529. The van der Waals surface area contributed by atoms with E-state index in [1.54, 1.807) is 6.34 Å². The number of hydrogen-bond donors (Lipinski definition) is 1. The molecule has 1 N–H and O–H groups in total. The van der Waals surface area contributed by atoms with Crippen molar-refractivity contribution in [1.29, 1.82) is 0 Å². The normalized spacial score (nSPS) is 34.2. The zero-order valence-electron chi connectivity index (χ0n) is 12.1. The summed E-state index contributed by atoms with van der Waals surface area (Å²) in [6.07, 6.45) is 7.16. The summed E-state index contributed by atoms with van der Waals surface area (Å²) in [5.41, 5.74) is 1.36. The monoisotopic (exact) mass is 299 g/mol. The van der Waals surface area contributed by atoms with Crippen LogP contribution in [0.4, 0.5) is 0 Å². The van der Waals surface area contributed by atoms with Crippen molar-refractivity contribution in [3.63, 3.8) is 0 Å². The minimum atomic E-state index is 0.358. The predicted octanol–water partition coefficient (Wildman–Crippen LogP) is 3.26. The van der Waals surface area contributed by atoms with Crippen molar-refractivity contribution >= 4 is 23.1 Å². The lowest BCUT2D eigenvalue weighted by molar-refractivity contribution is 0.309. The molecule has 2 heterocycles. The van der Waals surface area contributed by atoms with Gasteiger partial charge in [0.2, 0.25) is 0 Å². The third-order valence-corrected chi connectivity index (χ3v) is 6.05. The topological polar surface area (TPSA) is 36.8 Å². The summed E-state index contributed by atoms with van der Waals surface area (Å²) in [4.78, 5) is 9.26. The molecule has 3 aliphatic rings. The molecule has 0 spiro atoms. The molecule has 21 heavy (non-hydrogen) atoms. The van der Waals surface area contributed by atoms with E-state index in [0.29, 0.717) is 18.1 Å². The van der Waals surface area contributed by atoms with Crippen molar-refractivity contribution in [2.24, 2.45) is 15.9 Å². The van der Waals surface area contributed by atoms with Gasteiger partial charge in [0.05, 0.1) is 17.1 Å². The Kier molecular flexibility index (Phi) is 3.82. The molecule has 0 radical (unpaired) electrons. The number of nitrogens with zero attached hydrogens (tertiary/aromatic N) is 2. The molecule has 4 rings (SSSR count). The summed E-state index contributed by atoms with van der Waals surface area (Å²) in [5.74, 6) is 1.72. The Morgan fingerprint density at radius 2 is 2.00 bits per heavy atom. The predicted molar refractivity (Wildman–Crippen MR) is 90.1 cm³/mol. The minimum Gasteiger partial charge on any atom is -0.303 e. The number of nitrogens with one attached hydrogen (secondary N) is 1. The molecule has 1 aliphatic carbocycles. The molecule has 0 bridgehead atoms. The van der Waals surface area contributed by atoms with Gasteiger partial charge in [0, 0.05) is 11.8 Å². The molecule has 0 amide bonds. The van der Waals surface area contributed by atoms with Crippen molar-refractivity contribution in [2.45, 2.75) is 49.6 Å². The Bertz CT molecular complexity index is 554. The third kappa shape index (κ3) is 2.67. The van der Waals surface area contributed by atoms with E-state index in [2.05, 4.69) is 40.6 Å². The summed E-state index contributed by atoms with van der Waals surface area (Å²) >= 11 is 1.87. The Labute approximate surface area is 130 Å². The molecule has 3 nitrogen and oxygen atoms in total. The van der Waals surface area contributed by atoms with Crippen molar-refractivity contribution in [3.8, 4) is 0 Å². The van der Waals surface area contributed by atoms with E-state index < -0.39 is 0 Å². The van der Waals surface area contributed by atoms with Gasteiger partial charge in [-0.1, -0.05) is 43.2 Å². The fourth-order valence-electron chi connectivity index (χ4n) is 3.87. The van der Waals surface area contributed by atoms with Gasteiger partial charge in [-0.25, -0.2) is 4.99 Å². The molecular formula is C17H21N3S. The summed E-state index contributed by atoms with van der Waals surface area (Å²) in [5, 5.41) is 5.05. The molecule has 110 valence electrons. The van der Waals surface area contributed by atoms with Gasteiger partial charge in [-0.2, -0.15) is 0 Å². The van der Waals surface area contributed by atoms with E-state index in [1.165, 1.54) is 36.3 Å². The first-order chi connectivity index (χ1) is 10.4. The number of benzene rings is 1. The van der Waals surface area contributed by atoms with E-state index in [0.717, 1.165) is 11.7 Å². The number of thioether (sulfide) groups is 1. The van der Waals surface area contributed by atoms with E-state index >= 15 is 0 Å². The number of aliphatic imine (C=N–C) groups is 2. The number of rotatable bonds is 2. The molecular weight excluding hydrogens is 278 g/mol. The second kappa shape index (κ2) is 5.93. The van der Waals surface area contributed by atoms with Crippen LogP contribution in [0.1, 0.15) is 31.2 Å². The highest BCUT2D eigenvalue weighted by atomic mass is 32.2. The van der Waals surface area contributed by atoms with Gasteiger partial charge in [0.1, 0.15) is 6.34 Å². The first-order valence-corrected chi connectivity index (χ1v) is 8.92. The maximum Gasteiger partial charge on any atom is 0.111 e. The zero-order chi connectivity index (χ0) is 14.1. The molecule has 2 fully saturated rings. The highest BCUT2D eigenvalue weighted by Crippen LogP contribution is 2.38. The molecule has 1 aromatic carbocycles. The largest absolute Gasteiger partial charge is 0.303 e. The summed E-state index contributed by atoms with van der Waals surface area (Å²) in [6, 6.07) is 12.1. The summed E-state index contributed by atoms with van der Waals surface area (Å²) in [6.45, 7) is 0. The van der Waals surface area contributed by atoms with E-state index in [-0.39, 0.29) is 0 Å². The van der Waals surface area contributed by atoms with Crippen LogP contribution in [0, 0.1) is 5.92 Å². The molecule has 4 heteroatoms. The Hall–Kier alpha value is -1.13. The number of fused-ring (bicyclic) bond motifs is 3. The second-order valence-electron chi connectivity index (χ2n) is 6.20. The highest BCUT2D eigenvalue weighted by molar-refractivity contribution is 8.13. The lowest BCUT2D eigenvalue weighted by Crippen LogP contribution is -2.40. The van der Waals surface area contributed by atoms with Gasteiger partial charge in [0.25, 0.3) is 0 Å². The Morgan fingerprint density at radius 3 is 2.90 bits per heavy atom. The van der Waals surface area contributed by atoms with Crippen molar-refractivity contribution in [3.05, 3.63) is 35.9 Å². The molecule has 1 aromatic rings. The molecule has 3 unspecified atom stereocenters. The lowest BCUT2D eigenvalue weighted by Gasteiger charge is -2.27. The van der Waals surface area contributed by atoms with Crippen LogP contribution in [0.5, 0.6) is 0 Å². The van der Waals surface area contributed by atoms with Crippen LogP contribution < -0.4 is 5.32 Å². The second-order valence-corrected chi connectivity index (χ2v) is 7.19. The van der Waals surface area contributed by atoms with Gasteiger partial charge < -0.3 is 5.32 Å².